The van der Waals surface area contributed by atoms with Gasteiger partial charge in [-0.3, -0.25) is 0 Å². The van der Waals surface area contributed by atoms with E-state index < -0.39 is 0 Å². The van der Waals surface area contributed by atoms with Crippen LogP contribution in [0.5, 0.6) is 5.75 Å². The summed E-state index contributed by atoms with van der Waals surface area (Å²) in [6.07, 6.45) is 2.10. The van der Waals surface area contributed by atoms with Crippen molar-refractivity contribution < 1.29 is 9.47 Å². The maximum absolute atomic E-state index is 6.06. The first-order valence-electron chi connectivity index (χ1n) is 11.1. The van der Waals surface area contributed by atoms with E-state index in [4.69, 9.17) is 14.5 Å². The Kier molecular flexibility index (Phi) is 8.53. The number of nitrogens with zero attached hydrogens (tertiary/aromatic N) is 3. The predicted octanol–water partition coefficient (Wildman–Crippen LogP) is 3.14. The molecule has 3 rings (SSSR count). The van der Waals surface area contributed by atoms with Crippen LogP contribution < -0.4 is 20.3 Å². The SMILES string of the molecule is CCNC(=NCc1ccnc(N2CCOC(C)C2)c1)NCC(C)Oc1ccccc1C. The van der Waals surface area contributed by atoms with Crippen molar-refractivity contribution in [2.45, 2.75) is 46.4 Å². The lowest BCUT2D eigenvalue weighted by atomic mass is 10.2. The highest BCUT2D eigenvalue weighted by atomic mass is 16.5. The highest BCUT2D eigenvalue weighted by molar-refractivity contribution is 5.79. The lowest BCUT2D eigenvalue weighted by Gasteiger charge is -2.32. The molecule has 0 bridgehead atoms. The molecule has 0 saturated carbocycles. The second-order valence-corrected chi connectivity index (χ2v) is 7.92. The van der Waals surface area contributed by atoms with Crippen molar-refractivity contribution in [3.63, 3.8) is 0 Å². The molecular formula is C24H35N5O2. The van der Waals surface area contributed by atoms with E-state index in [0.717, 1.165) is 54.9 Å². The van der Waals surface area contributed by atoms with Gasteiger partial charge >= 0.3 is 0 Å². The molecule has 1 fully saturated rings. The third kappa shape index (κ3) is 7.14. The van der Waals surface area contributed by atoms with Gasteiger partial charge in [0, 0.05) is 25.8 Å². The summed E-state index contributed by atoms with van der Waals surface area (Å²) in [7, 11) is 0. The zero-order chi connectivity index (χ0) is 22.1. The van der Waals surface area contributed by atoms with Crippen LogP contribution in [0.3, 0.4) is 0 Å². The fourth-order valence-electron chi connectivity index (χ4n) is 3.46. The number of ether oxygens (including phenoxy) is 2. The summed E-state index contributed by atoms with van der Waals surface area (Å²) in [5.74, 6) is 2.68. The lowest BCUT2D eigenvalue weighted by Crippen LogP contribution is -2.42. The molecule has 7 nitrogen and oxygen atoms in total. The quantitative estimate of drug-likeness (QED) is 0.500. The molecule has 2 heterocycles. The van der Waals surface area contributed by atoms with Crippen molar-refractivity contribution in [1.82, 2.24) is 15.6 Å². The summed E-state index contributed by atoms with van der Waals surface area (Å²) in [5, 5.41) is 6.69. The molecule has 1 aromatic carbocycles. The first-order valence-corrected chi connectivity index (χ1v) is 11.1. The second kappa shape index (κ2) is 11.6. The van der Waals surface area contributed by atoms with E-state index in [-0.39, 0.29) is 12.2 Å². The first-order chi connectivity index (χ1) is 15.0. The number of morpholine rings is 1. The number of para-hydroxylation sites is 1. The minimum atomic E-state index is 0.0146. The van der Waals surface area contributed by atoms with Crippen molar-refractivity contribution >= 4 is 11.8 Å². The Morgan fingerprint density at radius 3 is 2.94 bits per heavy atom. The van der Waals surface area contributed by atoms with Gasteiger partial charge in [-0.2, -0.15) is 0 Å². The van der Waals surface area contributed by atoms with Gasteiger partial charge in [-0.1, -0.05) is 18.2 Å². The van der Waals surface area contributed by atoms with Crippen molar-refractivity contribution in [2.75, 3.05) is 37.7 Å². The smallest absolute Gasteiger partial charge is 0.191 e. The van der Waals surface area contributed by atoms with Crippen molar-refractivity contribution in [3.8, 4) is 5.75 Å². The van der Waals surface area contributed by atoms with Gasteiger partial charge in [0.2, 0.25) is 0 Å². The molecule has 1 aliphatic heterocycles. The van der Waals surface area contributed by atoms with Gasteiger partial charge in [0.1, 0.15) is 17.7 Å². The van der Waals surface area contributed by atoms with Crippen molar-refractivity contribution in [1.29, 1.82) is 0 Å². The Labute approximate surface area is 185 Å². The van der Waals surface area contributed by atoms with Crippen LogP contribution in [-0.4, -0.2) is 55.9 Å². The third-order valence-corrected chi connectivity index (χ3v) is 5.12. The molecule has 2 atom stereocenters. The number of anilines is 1. The summed E-state index contributed by atoms with van der Waals surface area (Å²) in [6, 6.07) is 12.2. The summed E-state index contributed by atoms with van der Waals surface area (Å²) >= 11 is 0. The highest BCUT2D eigenvalue weighted by Crippen LogP contribution is 2.18. The van der Waals surface area contributed by atoms with E-state index >= 15 is 0 Å². The number of aromatic nitrogens is 1. The van der Waals surface area contributed by atoms with Crippen LogP contribution in [0.25, 0.3) is 0 Å². The molecule has 2 unspecified atom stereocenters. The van der Waals surface area contributed by atoms with Crippen LogP contribution in [-0.2, 0) is 11.3 Å². The van der Waals surface area contributed by atoms with Crippen molar-refractivity contribution in [3.05, 3.63) is 53.7 Å². The first kappa shape index (κ1) is 22.9. The number of hydrogen-bond donors (Lipinski definition) is 2. The van der Waals surface area contributed by atoms with E-state index in [1.54, 1.807) is 0 Å². The fraction of sp³-hybridized carbons (Fsp3) is 0.500. The maximum Gasteiger partial charge on any atom is 0.191 e. The summed E-state index contributed by atoms with van der Waals surface area (Å²) < 4.78 is 11.7. The lowest BCUT2D eigenvalue weighted by molar-refractivity contribution is 0.0529. The Balaban J connectivity index is 1.56. The minimum absolute atomic E-state index is 0.0146. The highest BCUT2D eigenvalue weighted by Gasteiger charge is 2.18. The van der Waals surface area contributed by atoms with E-state index in [1.807, 2.05) is 30.5 Å². The molecule has 2 aromatic rings. The van der Waals surface area contributed by atoms with Crippen LogP contribution in [0.1, 0.15) is 31.9 Å². The summed E-state index contributed by atoms with van der Waals surface area (Å²) in [6.45, 7) is 12.8. The standard InChI is InChI=1S/C24H35N5O2/c1-5-25-24(27-15-19(3)31-22-9-7-6-8-18(22)2)28-16-21-10-11-26-23(14-21)29-12-13-30-20(4)17-29/h6-11,14,19-20H,5,12-13,15-17H2,1-4H3,(H2,25,27,28). The molecule has 0 amide bonds. The fourth-order valence-corrected chi connectivity index (χ4v) is 3.46. The summed E-state index contributed by atoms with van der Waals surface area (Å²) in [4.78, 5) is 11.6. The molecule has 0 aliphatic carbocycles. The van der Waals surface area contributed by atoms with Gasteiger partial charge in [0.15, 0.2) is 5.96 Å². The average molecular weight is 426 g/mol. The molecule has 0 spiro atoms. The van der Waals surface area contributed by atoms with E-state index in [1.165, 1.54) is 0 Å². The Morgan fingerprint density at radius 2 is 2.16 bits per heavy atom. The Hall–Kier alpha value is -2.80. The molecule has 1 saturated heterocycles. The summed E-state index contributed by atoms with van der Waals surface area (Å²) in [5.41, 5.74) is 2.27. The average Bonchev–Trinajstić information content (AvgIpc) is 2.77. The molecule has 0 radical (unpaired) electrons. The van der Waals surface area contributed by atoms with Crippen LogP contribution in [0.4, 0.5) is 5.82 Å². The number of hydrogen-bond acceptors (Lipinski definition) is 5. The minimum Gasteiger partial charge on any atom is -0.489 e. The van der Waals surface area contributed by atoms with E-state index in [2.05, 4.69) is 60.3 Å². The molecule has 1 aromatic heterocycles. The Morgan fingerprint density at radius 1 is 1.32 bits per heavy atom. The normalized spacial score (nSPS) is 17.9. The maximum atomic E-state index is 6.06. The van der Waals surface area contributed by atoms with Crippen LogP contribution >= 0.6 is 0 Å². The Bertz CT molecular complexity index is 857. The van der Waals surface area contributed by atoms with Gasteiger partial charge in [0.25, 0.3) is 0 Å². The largest absolute Gasteiger partial charge is 0.489 e. The number of pyridine rings is 1. The zero-order valence-corrected chi connectivity index (χ0v) is 19.1. The van der Waals surface area contributed by atoms with Crippen molar-refractivity contribution in [2.24, 2.45) is 4.99 Å². The third-order valence-electron chi connectivity index (χ3n) is 5.12. The number of benzene rings is 1. The van der Waals surface area contributed by atoms with Crippen LogP contribution in [0.15, 0.2) is 47.6 Å². The molecule has 7 heteroatoms. The van der Waals surface area contributed by atoms with Crippen LogP contribution in [0.2, 0.25) is 0 Å². The van der Waals surface area contributed by atoms with Crippen LogP contribution in [0, 0.1) is 6.92 Å². The number of aryl methyl sites for hydroxylation is 1. The monoisotopic (exact) mass is 425 g/mol. The number of guanidine groups is 1. The van der Waals surface area contributed by atoms with Gasteiger partial charge < -0.3 is 25.0 Å². The van der Waals surface area contributed by atoms with Gasteiger partial charge in [0.05, 0.1) is 25.8 Å². The molecule has 168 valence electrons. The number of nitrogens with one attached hydrogen (secondary N) is 2. The number of aliphatic imine (C=N–C) groups is 1. The van der Waals surface area contributed by atoms with Gasteiger partial charge in [-0.25, -0.2) is 9.98 Å². The number of rotatable bonds is 8. The zero-order valence-electron chi connectivity index (χ0n) is 19.1. The second-order valence-electron chi connectivity index (χ2n) is 7.92. The molecule has 1 aliphatic rings. The van der Waals surface area contributed by atoms with E-state index in [0.29, 0.717) is 13.1 Å². The molecule has 31 heavy (non-hydrogen) atoms. The molecule has 2 N–H and O–H groups in total. The van der Waals surface area contributed by atoms with E-state index in [9.17, 15) is 0 Å². The van der Waals surface area contributed by atoms with Gasteiger partial charge in [-0.05, 0) is 57.0 Å². The van der Waals surface area contributed by atoms with Gasteiger partial charge in [-0.15, -0.1) is 0 Å². The predicted molar refractivity (Wildman–Crippen MR) is 126 cm³/mol. The molecular weight excluding hydrogens is 390 g/mol. The topological polar surface area (TPSA) is 71.0 Å².